The Bertz CT molecular complexity index is 461. The molecule has 0 radical (unpaired) electrons. The minimum Gasteiger partial charge on any atom is -0.446 e. The summed E-state index contributed by atoms with van der Waals surface area (Å²) in [4.78, 5) is 28.5. The van der Waals surface area contributed by atoms with Gasteiger partial charge in [-0.15, -0.1) is 0 Å². The van der Waals surface area contributed by atoms with E-state index in [1.165, 1.54) is 0 Å². The molecule has 176 valence electrons. The lowest BCUT2D eigenvalue weighted by atomic mass is 10.0. The minimum atomic E-state index is -0.523. The third-order valence-electron chi connectivity index (χ3n) is 5.44. The number of hydrogen-bond acceptors (Lipinski definition) is 6. The van der Waals surface area contributed by atoms with E-state index in [-0.39, 0.29) is 13.5 Å². The Morgan fingerprint density at radius 3 is 1.27 bits per heavy atom. The Morgan fingerprint density at radius 2 is 1.03 bits per heavy atom. The largest absolute Gasteiger partial charge is 0.446 e. The maximum absolute atomic E-state index is 12.1. The first kappa shape index (κ1) is 28.6. The van der Waals surface area contributed by atoms with Crippen molar-refractivity contribution in [2.24, 2.45) is 11.8 Å². The molecule has 0 aliphatic carbocycles. The lowest BCUT2D eigenvalue weighted by Crippen LogP contribution is -2.41. The lowest BCUT2D eigenvalue weighted by Gasteiger charge is -2.33. The summed E-state index contributed by atoms with van der Waals surface area (Å²) in [6, 6.07) is 0.729. The van der Waals surface area contributed by atoms with Gasteiger partial charge in [-0.05, 0) is 37.5 Å². The Balaban J connectivity index is 4.65. The van der Waals surface area contributed by atoms with Gasteiger partial charge in [0.2, 0.25) is 0 Å². The number of esters is 2. The summed E-state index contributed by atoms with van der Waals surface area (Å²) in [5.41, 5.74) is 0. The molecule has 0 aliphatic rings. The minimum absolute atomic E-state index is 0.236. The van der Waals surface area contributed by atoms with Crippen molar-refractivity contribution < 1.29 is 19.1 Å². The van der Waals surface area contributed by atoms with Crippen molar-refractivity contribution in [2.75, 3.05) is 26.6 Å². The molecule has 0 saturated carbocycles. The molecule has 6 nitrogen and oxygen atoms in total. The molecule has 0 amide bonds. The molecule has 0 heterocycles. The Hall–Kier alpha value is -1.40. The van der Waals surface area contributed by atoms with Crippen LogP contribution in [0.15, 0.2) is 12.2 Å². The van der Waals surface area contributed by atoms with Crippen molar-refractivity contribution in [3.8, 4) is 0 Å². The number of nitrogens with zero attached hydrogens (tertiary/aromatic N) is 2. The van der Waals surface area contributed by atoms with Crippen molar-refractivity contribution >= 4 is 11.9 Å². The number of carbonyl (C=O) groups is 2. The second kappa shape index (κ2) is 16.3. The van der Waals surface area contributed by atoms with Crippen LogP contribution in [0.1, 0.15) is 81.1 Å². The van der Waals surface area contributed by atoms with Crippen molar-refractivity contribution in [2.45, 2.75) is 93.2 Å². The highest BCUT2D eigenvalue weighted by Crippen LogP contribution is 2.16. The summed E-state index contributed by atoms with van der Waals surface area (Å²) >= 11 is 0. The van der Waals surface area contributed by atoms with E-state index in [1.54, 1.807) is 0 Å². The van der Waals surface area contributed by atoms with Crippen LogP contribution in [-0.2, 0) is 19.1 Å². The highest BCUT2D eigenvalue weighted by atomic mass is 16.5. The molecule has 0 bridgehead atoms. The average Bonchev–Trinajstić information content (AvgIpc) is 2.69. The highest BCUT2D eigenvalue weighted by Gasteiger charge is 2.21. The van der Waals surface area contributed by atoms with Gasteiger partial charge in [-0.3, -0.25) is 9.80 Å². The summed E-state index contributed by atoms with van der Waals surface area (Å²) in [5, 5.41) is 0. The summed E-state index contributed by atoms with van der Waals surface area (Å²) in [6.45, 7) is 19.5. The molecule has 0 fully saturated rings. The van der Waals surface area contributed by atoms with Gasteiger partial charge in [-0.2, -0.15) is 0 Å². The monoisotopic (exact) mass is 426 g/mol. The smallest absolute Gasteiger partial charge is 0.332 e. The van der Waals surface area contributed by atoms with E-state index in [2.05, 4.69) is 65.2 Å². The van der Waals surface area contributed by atoms with Gasteiger partial charge in [0.25, 0.3) is 0 Å². The number of carbonyl (C=O) groups excluding carboxylic acids is 2. The summed E-state index contributed by atoms with van der Waals surface area (Å²) in [5.74, 6) is -0.0827. The maximum atomic E-state index is 12.1. The van der Waals surface area contributed by atoms with Crippen LogP contribution < -0.4 is 0 Å². The molecule has 0 spiro atoms. The fraction of sp³-hybridized carbons (Fsp3) is 0.833. The first-order valence-electron chi connectivity index (χ1n) is 11.7. The van der Waals surface area contributed by atoms with Crippen LogP contribution in [0.5, 0.6) is 0 Å². The van der Waals surface area contributed by atoms with E-state index in [4.69, 9.17) is 9.47 Å². The fourth-order valence-corrected chi connectivity index (χ4v) is 4.05. The van der Waals surface area contributed by atoms with E-state index < -0.39 is 11.9 Å². The zero-order chi connectivity index (χ0) is 23.1. The van der Waals surface area contributed by atoms with Gasteiger partial charge in [0.1, 0.15) is 13.5 Å². The number of rotatable bonds is 16. The van der Waals surface area contributed by atoms with Gasteiger partial charge < -0.3 is 9.47 Å². The zero-order valence-electron chi connectivity index (χ0n) is 20.6. The van der Waals surface area contributed by atoms with E-state index in [9.17, 15) is 9.59 Å². The first-order chi connectivity index (χ1) is 14.2. The van der Waals surface area contributed by atoms with Gasteiger partial charge >= 0.3 is 11.9 Å². The van der Waals surface area contributed by atoms with Crippen LogP contribution in [-0.4, -0.2) is 60.4 Å². The second-order valence-electron chi connectivity index (χ2n) is 8.58. The Morgan fingerprint density at radius 1 is 0.700 bits per heavy atom. The molecule has 0 aromatic rings. The third-order valence-corrected chi connectivity index (χ3v) is 5.44. The molecule has 30 heavy (non-hydrogen) atoms. The molecule has 2 unspecified atom stereocenters. The Kier molecular flexibility index (Phi) is 15.6. The van der Waals surface area contributed by atoms with Crippen LogP contribution in [0.2, 0.25) is 0 Å². The highest BCUT2D eigenvalue weighted by molar-refractivity contribution is 5.91. The zero-order valence-corrected chi connectivity index (χ0v) is 20.6. The van der Waals surface area contributed by atoms with Crippen molar-refractivity contribution in [3.05, 3.63) is 12.2 Å². The second-order valence-corrected chi connectivity index (χ2v) is 8.58. The van der Waals surface area contributed by atoms with Crippen LogP contribution in [0.4, 0.5) is 0 Å². The predicted molar refractivity (Wildman–Crippen MR) is 123 cm³/mol. The van der Waals surface area contributed by atoms with E-state index >= 15 is 0 Å². The standard InChI is InChI=1S/C24H46N2O4/c1-9-15-25(21(11-3)19(5)6)17-29-23(27)13-14-24(28)30-18-26(16-10-2)22(12-4)20(7)8/h13-14,19-22H,9-12,15-18H2,1-8H3/b14-13-. The molecule has 2 atom stereocenters. The number of ether oxygens (including phenoxy) is 2. The normalized spacial score (nSPS) is 14.1. The SMILES string of the molecule is CCCN(COC(=O)/C=C\C(=O)OCN(CCC)C(CC)C(C)C)C(CC)C(C)C. The van der Waals surface area contributed by atoms with Gasteiger partial charge in [0, 0.05) is 37.3 Å². The molecule has 0 saturated heterocycles. The summed E-state index contributed by atoms with van der Waals surface area (Å²) in [7, 11) is 0. The van der Waals surface area contributed by atoms with Crippen LogP contribution in [0.3, 0.4) is 0 Å². The lowest BCUT2D eigenvalue weighted by molar-refractivity contribution is -0.147. The van der Waals surface area contributed by atoms with E-state index in [0.29, 0.717) is 23.9 Å². The number of hydrogen-bond donors (Lipinski definition) is 0. The quantitative estimate of drug-likeness (QED) is 0.200. The maximum Gasteiger partial charge on any atom is 0.332 e. The van der Waals surface area contributed by atoms with Crippen LogP contribution in [0, 0.1) is 11.8 Å². The van der Waals surface area contributed by atoms with E-state index in [1.807, 2.05) is 0 Å². The molecule has 0 aromatic carbocycles. The fourth-order valence-electron chi connectivity index (χ4n) is 4.05. The molecular weight excluding hydrogens is 380 g/mol. The summed E-state index contributed by atoms with van der Waals surface area (Å²) < 4.78 is 10.7. The molecular formula is C24H46N2O4. The average molecular weight is 427 g/mol. The molecule has 0 N–H and O–H groups in total. The third kappa shape index (κ3) is 11.1. The van der Waals surface area contributed by atoms with Crippen molar-refractivity contribution in [1.82, 2.24) is 9.80 Å². The van der Waals surface area contributed by atoms with E-state index in [0.717, 1.165) is 50.9 Å². The Labute approximate surface area is 185 Å². The molecule has 0 rings (SSSR count). The predicted octanol–water partition coefficient (Wildman–Crippen LogP) is 4.84. The first-order valence-corrected chi connectivity index (χ1v) is 11.7. The topological polar surface area (TPSA) is 59.1 Å². The van der Waals surface area contributed by atoms with Crippen molar-refractivity contribution in [1.29, 1.82) is 0 Å². The molecule has 6 heteroatoms. The van der Waals surface area contributed by atoms with Crippen LogP contribution in [0.25, 0.3) is 0 Å². The van der Waals surface area contributed by atoms with Gasteiger partial charge in [-0.1, -0.05) is 55.4 Å². The van der Waals surface area contributed by atoms with Gasteiger partial charge in [0.15, 0.2) is 0 Å². The molecule has 0 aromatic heterocycles. The van der Waals surface area contributed by atoms with Crippen molar-refractivity contribution in [3.63, 3.8) is 0 Å². The molecule has 0 aliphatic heterocycles. The summed E-state index contributed by atoms with van der Waals surface area (Å²) in [6.07, 6.45) is 6.31. The van der Waals surface area contributed by atoms with Crippen LogP contribution >= 0.6 is 0 Å². The van der Waals surface area contributed by atoms with Gasteiger partial charge in [0.05, 0.1) is 0 Å². The van der Waals surface area contributed by atoms with Gasteiger partial charge in [-0.25, -0.2) is 9.59 Å².